The number of hydrogen-bond acceptors (Lipinski definition) is 5. The summed E-state index contributed by atoms with van der Waals surface area (Å²) in [4.78, 5) is 4.79. The van der Waals surface area contributed by atoms with Gasteiger partial charge in [0.2, 0.25) is 0 Å². The Morgan fingerprint density at radius 3 is 2.45 bits per heavy atom. The molecule has 1 aromatic rings. The molecule has 0 unspecified atom stereocenters. The van der Waals surface area contributed by atoms with Gasteiger partial charge in [0, 0.05) is 32.7 Å². The molecule has 0 amide bonds. The van der Waals surface area contributed by atoms with Gasteiger partial charge in [0.05, 0.1) is 5.69 Å². The molecule has 1 aliphatic heterocycles. The topological polar surface area (TPSA) is 44.3 Å². The predicted molar refractivity (Wildman–Crippen MR) is 82.9 cm³/mol. The molecule has 1 aliphatic rings. The highest BCUT2D eigenvalue weighted by molar-refractivity contribution is 5.37. The second-order valence-electron chi connectivity index (χ2n) is 5.83. The number of piperazine rings is 1. The van der Waals surface area contributed by atoms with Crippen LogP contribution >= 0.6 is 0 Å². The van der Waals surface area contributed by atoms with Crippen molar-refractivity contribution in [2.45, 2.75) is 27.3 Å². The lowest BCUT2D eigenvalue weighted by molar-refractivity contribution is 0.270. The summed E-state index contributed by atoms with van der Waals surface area (Å²) in [5.74, 6) is 1.67. The second-order valence-corrected chi connectivity index (χ2v) is 5.83. The highest BCUT2D eigenvalue weighted by atomic mass is 15.3. The Morgan fingerprint density at radius 2 is 1.90 bits per heavy atom. The van der Waals surface area contributed by atoms with Gasteiger partial charge in [-0.15, -0.1) is 5.10 Å². The van der Waals surface area contributed by atoms with Crippen molar-refractivity contribution in [3.8, 4) is 0 Å². The van der Waals surface area contributed by atoms with Crippen molar-refractivity contribution < 1.29 is 0 Å². The normalized spacial score (nSPS) is 16.9. The van der Waals surface area contributed by atoms with Gasteiger partial charge in [0.1, 0.15) is 0 Å². The zero-order chi connectivity index (χ0) is 14.4. The third-order valence-electron chi connectivity index (χ3n) is 3.71. The minimum absolute atomic E-state index is 0.664. The Bertz CT molecular complexity index is 382. The molecule has 0 spiro atoms. The van der Waals surface area contributed by atoms with Crippen LogP contribution in [-0.2, 0) is 6.54 Å². The van der Waals surface area contributed by atoms with Crippen molar-refractivity contribution in [2.24, 2.45) is 5.92 Å². The van der Waals surface area contributed by atoms with Gasteiger partial charge in [-0.05, 0) is 31.1 Å². The van der Waals surface area contributed by atoms with E-state index in [1.807, 2.05) is 0 Å². The molecule has 1 saturated heterocycles. The molecule has 20 heavy (non-hydrogen) atoms. The minimum atomic E-state index is 0.664. The van der Waals surface area contributed by atoms with Gasteiger partial charge in [-0.3, -0.25) is 0 Å². The largest absolute Gasteiger partial charge is 0.353 e. The number of nitrogens with zero attached hydrogens (tertiary/aromatic N) is 4. The third kappa shape index (κ3) is 4.42. The van der Waals surface area contributed by atoms with E-state index in [1.54, 1.807) is 0 Å². The molecule has 112 valence electrons. The van der Waals surface area contributed by atoms with Crippen LogP contribution in [0.2, 0.25) is 0 Å². The summed E-state index contributed by atoms with van der Waals surface area (Å²) in [5.41, 5.74) is 1.02. The van der Waals surface area contributed by atoms with Crippen LogP contribution in [0.1, 0.15) is 26.5 Å². The van der Waals surface area contributed by atoms with Crippen molar-refractivity contribution in [2.75, 3.05) is 44.2 Å². The molecule has 0 saturated carbocycles. The first kappa shape index (κ1) is 15.2. The molecular weight excluding hydrogens is 250 g/mol. The number of aromatic nitrogens is 2. The second kappa shape index (κ2) is 7.55. The van der Waals surface area contributed by atoms with Crippen LogP contribution in [-0.4, -0.2) is 54.4 Å². The number of hydrogen-bond donors (Lipinski definition) is 1. The summed E-state index contributed by atoms with van der Waals surface area (Å²) in [7, 11) is 0. The molecule has 2 heterocycles. The zero-order valence-corrected chi connectivity index (χ0v) is 13.0. The molecule has 1 fully saturated rings. The summed E-state index contributed by atoms with van der Waals surface area (Å²) in [6.07, 6.45) is 0. The fourth-order valence-corrected chi connectivity index (χ4v) is 2.40. The lowest BCUT2D eigenvalue weighted by Gasteiger charge is -2.34. The molecule has 5 nitrogen and oxygen atoms in total. The zero-order valence-electron chi connectivity index (χ0n) is 13.0. The maximum absolute atomic E-state index is 4.37. The van der Waals surface area contributed by atoms with E-state index < -0.39 is 0 Å². The third-order valence-corrected chi connectivity index (χ3v) is 3.71. The highest BCUT2D eigenvalue weighted by Crippen LogP contribution is 2.12. The average Bonchev–Trinajstić information content (AvgIpc) is 2.48. The quantitative estimate of drug-likeness (QED) is 0.850. The smallest absolute Gasteiger partial charge is 0.151 e. The van der Waals surface area contributed by atoms with Crippen LogP contribution in [0.25, 0.3) is 0 Å². The van der Waals surface area contributed by atoms with Crippen LogP contribution in [0.5, 0.6) is 0 Å². The Hall–Kier alpha value is -1.20. The van der Waals surface area contributed by atoms with E-state index in [-0.39, 0.29) is 0 Å². The maximum Gasteiger partial charge on any atom is 0.151 e. The molecule has 0 atom stereocenters. The SMILES string of the molecule is CCN1CCN(c2ccc(CNCC(C)C)nn2)CC1. The van der Waals surface area contributed by atoms with Gasteiger partial charge < -0.3 is 15.1 Å². The van der Waals surface area contributed by atoms with Gasteiger partial charge in [0.15, 0.2) is 5.82 Å². The molecule has 0 aliphatic carbocycles. The summed E-state index contributed by atoms with van der Waals surface area (Å²) in [6.45, 7) is 13.9. The fraction of sp³-hybridized carbons (Fsp3) is 0.733. The summed E-state index contributed by atoms with van der Waals surface area (Å²) >= 11 is 0. The molecule has 1 aromatic heterocycles. The molecular formula is C15H27N5. The Kier molecular flexibility index (Phi) is 5.73. The molecule has 0 aromatic carbocycles. The van der Waals surface area contributed by atoms with E-state index in [9.17, 15) is 0 Å². The van der Waals surface area contributed by atoms with Crippen LogP contribution in [0.15, 0.2) is 12.1 Å². The van der Waals surface area contributed by atoms with Crippen molar-refractivity contribution in [1.29, 1.82) is 0 Å². The maximum atomic E-state index is 4.37. The predicted octanol–water partition coefficient (Wildman–Crippen LogP) is 1.36. The number of likely N-dealkylation sites (N-methyl/N-ethyl adjacent to an activating group) is 1. The van der Waals surface area contributed by atoms with E-state index in [4.69, 9.17) is 0 Å². The lowest BCUT2D eigenvalue weighted by Crippen LogP contribution is -2.46. The van der Waals surface area contributed by atoms with E-state index in [0.717, 1.165) is 57.3 Å². The summed E-state index contributed by atoms with van der Waals surface area (Å²) in [5, 5.41) is 12.1. The summed E-state index contributed by atoms with van der Waals surface area (Å²) in [6, 6.07) is 4.18. The summed E-state index contributed by atoms with van der Waals surface area (Å²) < 4.78 is 0. The monoisotopic (exact) mass is 277 g/mol. The Labute approximate surface area is 122 Å². The van der Waals surface area contributed by atoms with Crippen molar-refractivity contribution >= 4 is 5.82 Å². The average molecular weight is 277 g/mol. The van der Waals surface area contributed by atoms with Crippen molar-refractivity contribution in [3.05, 3.63) is 17.8 Å². The van der Waals surface area contributed by atoms with Crippen molar-refractivity contribution in [3.63, 3.8) is 0 Å². The van der Waals surface area contributed by atoms with E-state index in [2.05, 4.69) is 58.2 Å². The van der Waals surface area contributed by atoms with E-state index in [0.29, 0.717) is 5.92 Å². The first-order valence-electron chi connectivity index (χ1n) is 7.69. The van der Waals surface area contributed by atoms with Gasteiger partial charge in [-0.2, -0.15) is 5.10 Å². The molecule has 0 bridgehead atoms. The van der Waals surface area contributed by atoms with Crippen LogP contribution in [0, 0.1) is 5.92 Å². The van der Waals surface area contributed by atoms with E-state index in [1.165, 1.54) is 0 Å². The minimum Gasteiger partial charge on any atom is -0.353 e. The number of anilines is 1. The number of nitrogens with one attached hydrogen (secondary N) is 1. The van der Waals surface area contributed by atoms with Gasteiger partial charge >= 0.3 is 0 Å². The lowest BCUT2D eigenvalue weighted by atomic mass is 10.2. The van der Waals surface area contributed by atoms with E-state index >= 15 is 0 Å². The Morgan fingerprint density at radius 1 is 1.15 bits per heavy atom. The molecule has 5 heteroatoms. The van der Waals surface area contributed by atoms with Gasteiger partial charge in [0.25, 0.3) is 0 Å². The van der Waals surface area contributed by atoms with Crippen LogP contribution in [0.4, 0.5) is 5.82 Å². The molecule has 2 rings (SSSR count). The first-order valence-corrected chi connectivity index (χ1v) is 7.69. The van der Waals surface area contributed by atoms with Gasteiger partial charge in [-0.25, -0.2) is 0 Å². The van der Waals surface area contributed by atoms with Crippen LogP contribution < -0.4 is 10.2 Å². The van der Waals surface area contributed by atoms with Gasteiger partial charge in [-0.1, -0.05) is 20.8 Å². The molecule has 1 N–H and O–H groups in total. The standard InChI is InChI=1S/C15H27N5/c1-4-19-7-9-20(10-8-19)15-6-5-14(17-18-15)12-16-11-13(2)3/h5-6,13,16H,4,7-12H2,1-3H3. The molecule has 0 radical (unpaired) electrons. The Balaban J connectivity index is 1.82. The first-order chi connectivity index (χ1) is 9.69. The van der Waals surface area contributed by atoms with Crippen LogP contribution in [0.3, 0.4) is 0 Å². The number of rotatable bonds is 6. The fourth-order valence-electron chi connectivity index (χ4n) is 2.40. The highest BCUT2D eigenvalue weighted by Gasteiger charge is 2.16. The van der Waals surface area contributed by atoms with Crippen molar-refractivity contribution in [1.82, 2.24) is 20.4 Å².